The van der Waals surface area contributed by atoms with Crippen molar-refractivity contribution in [2.75, 3.05) is 25.3 Å². The number of nitrogens with one attached hydrogen (secondary N) is 1. The van der Waals surface area contributed by atoms with Gasteiger partial charge in [0.2, 0.25) is 0 Å². The lowest BCUT2D eigenvalue weighted by Gasteiger charge is -2.13. The van der Waals surface area contributed by atoms with E-state index < -0.39 is 5.97 Å². The minimum absolute atomic E-state index is 0.385. The normalized spacial score (nSPS) is 9.90. The van der Waals surface area contributed by atoms with Gasteiger partial charge in [-0.2, -0.15) is 0 Å². The Morgan fingerprint density at radius 2 is 1.90 bits per heavy atom. The summed E-state index contributed by atoms with van der Waals surface area (Å²) in [6.45, 7) is 0. The van der Waals surface area contributed by atoms with Crippen molar-refractivity contribution in [1.82, 2.24) is 0 Å². The van der Waals surface area contributed by atoms with Crippen molar-refractivity contribution in [3.05, 3.63) is 48.0 Å². The molecular weight excluding hydrogens is 256 g/mol. The molecule has 0 aliphatic heterocycles. The molecule has 2 rings (SSSR count). The zero-order valence-corrected chi connectivity index (χ0v) is 11.3. The molecule has 0 aliphatic carbocycles. The maximum absolute atomic E-state index is 11.8. The average molecular weight is 272 g/mol. The van der Waals surface area contributed by atoms with E-state index in [0.29, 0.717) is 22.7 Å². The number of anilines is 3. The van der Waals surface area contributed by atoms with Gasteiger partial charge in [0, 0.05) is 11.8 Å². The third-order valence-electron chi connectivity index (χ3n) is 2.84. The van der Waals surface area contributed by atoms with Gasteiger partial charge in [-0.3, -0.25) is 0 Å². The molecule has 0 heterocycles. The van der Waals surface area contributed by atoms with E-state index >= 15 is 0 Å². The van der Waals surface area contributed by atoms with Gasteiger partial charge in [0.05, 0.1) is 31.2 Å². The standard InChI is InChI=1S/C15H16N2O3/c1-19-11-6-3-5-10(9-11)17-14-12(15(18)20-2)7-4-8-13(14)16/h3-9,17H,16H2,1-2H3. The molecule has 0 aromatic heterocycles. The van der Waals surface area contributed by atoms with Crippen LogP contribution in [0.4, 0.5) is 17.1 Å². The fourth-order valence-electron chi connectivity index (χ4n) is 1.83. The third kappa shape index (κ3) is 2.83. The lowest BCUT2D eigenvalue weighted by Crippen LogP contribution is -2.07. The number of methoxy groups -OCH3 is 2. The molecule has 0 fully saturated rings. The van der Waals surface area contributed by atoms with Crippen molar-refractivity contribution >= 4 is 23.0 Å². The average Bonchev–Trinajstić information content (AvgIpc) is 2.48. The first-order valence-corrected chi connectivity index (χ1v) is 6.03. The van der Waals surface area contributed by atoms with E-state index in [1.54, 1.807) is 25.3 Å². The van der Waals surface area contributed by atoms with E-state index in [0.717, 1.165) is 5.69 Å². The summed E-state index contributed by atoms with van der Waals surface area (Å²) < 4.78 is 9.91. The largest absolute Gasteiger partial charge is 0.497 e. The number of nitrogen functional groups attached to an aromatic ring is 1. The zero-order valence-electron chi connectivity index (χ0n) is 11.3. The molecular formula is C15H16N2O3. The highest BCUT2D eigenvalue weighted by atomic mass is 16.5. The first kappa shape index (κ1) is 13.7. The summed E-state index contributed by atoms with van der Waals surface area (Å²) in [5, 5.41) is 3.12. The van der Waals surface area contributed by atoms with Crippen LogP contribution < -0.4 is 15.8 Å². The summed E-state index contributed by atoms with van der Waals surface area (Å²) >= 11 is 0. The molecule has 0 radical (unpaired) electrons. The minimum atomic E-state index is -0.442. The molecule has 0 saturated carbocycles. The maximum Gasteiger partial charge on any atom is 0.340 e. The van der Waals surface area contributed by atoms with Crippen molar-refractivity contribution in [3.8, 4) is 5.75 Å². The van der Waals surface area contributed by atoms with Crippen molar-refractivity contribution in [2.24, 2.45) is 0 Å². The third-order valence-corrected chi connectivity index (χ3v) is 2.84. The summed E-state index contributed by atoms with van der Waals surface area (Å²) in [6, 6.07) is 12.4. The van der Waals surface area contributed by atoms with Crippen LogP contribution in [0.5, 0.6) is 5.75 Å². The van der Waals surface area contributed by atoms with Gasteiger partial charge in [0.15, 0.2) is 0 Å². The van der Waals surface area contributed by atoms with E-state index in [1.807, 2.05) is 24.3 Å². The lowest BCUT2D eigenvalue weighted by atomic mass is 10.1. The Balaban J connectivity index is 2.39. The molecule has 5 heteroatoms. The molecule has 0 amide bonds. The number of carbonyl (C=O) groups excluding carboxylic acids is 1. The molecule has 2 aromatic rings. The minimum Gasteiger partial charge on any atom is -0.497 e. The molecule has 0 saturated heterocycles. The predicted molar refractivity (Wildman–Crippen MR) is 78.5 cm³/mol. The van der Waals surface area contributed by atoms with Gasteiger partial charge in [-0.1, -0.05) is 12.1 Å². The van der Waals surface area contributed by atoms with Gasteiger partial charge in [0.1, 0.15) is 5.75 Å². The Bertz CT molecular complexity index is 626. The molecule has 5 nitrogen and oxygen atoms in total. The van der Waals surface area contributed by atoms with Crippen LogP contribution in [0, 0.1) is 0 Å². The van der Waals surface area contributed by atoms with E-state index in [9.17, 15) is 4.79 Å². The molecule has 0 atom stereocenters. The van der Waals surface area contributed by atoms with Crippen molar-refractivity contribution in [3.63, 3.8) is 0 Å². The molecule has 0 aliphatic rings. The van der Waals surface area contributed by atoms with Crippen LogP contribution in [0.2, 0.25) is 0 Å². The van der Waals surface area contributed by atoms with Gasteiger partial charge >= 0.3 is 5.97 Å². The number of hydrogen-bond donors (Lipinski definition) is 2. The predicted octanol–water partition coefficient (Wildman–Crippen LogP) is 2.81. The molecule has 2 aromatic carbocycles. The second-order valence-corrected chi connectivity index (χ2v) is 4.12. The molecule has 0 unspecified atom stereocenters. The van der Waals surface area contributed by atoms with Crippen LogP contribution in [0.3, 0.4) is 0 Å². The monoisotopic (exact) mass is 272 g/mol. The van der Waals surface area contributed by atoms with Gasteiger partial charge in [-0.25, -0.2) is 4.79 Å². The molecule has 0 spiro atoms. The van der Waals surface area contributed by atoms with Crippen LogP contribution in [0.25, 0.3) is 0 Å². The number of benzene rings is 2. The molecule has 104 valence electrons. The van der Waals surface area contributed by atoms with Gasteiger partial charge in [-0.15, -0.1) is 0 Å². The summed E-state index contributed by atoms with van der Waals surface area (Å²) in [6.07, 6.45) is 0. The Hall–Kier alpha value is -2.69. The summed E-state index contributed by atoms with van der Waals surface area (Å²) in [5.74, 6) is 0.270. The Labute approximate surface area is 117 Å². The first-order valence-electron chi connectivity index (χ1n) is 6.03. The summed E-state index contributed by atoms with van der Waals surface area (Å²) in [4.78, 5) is 11.8. The van der Waals surface area contributed by atoms with Gasteiger partial charge in [0.25, 0.3) is 0 Å². The number of rotatable bonds is 4. The van der Waals surface area contributed by atoms with Crippen molar-refractivity contribution in [2.45, 2.75) is 0 Å². The van der Waals surface area contributed by atoms with Crippen LogP contribution >= 0.6 is 0 Å². The Morgan fingerprint density at radius 3 is 2.60 bits per heavy atom. The molecule has 20 heavy (non-hydrogen) atoms. The SMILES string of the molecule is COC(=O)c1cccc(N)c1Nc1cccc(OC)c1. The van der Waals surface area contributed by atoms with Crippen molar-refractivity contribution in [1.29, 1.82) is 0 Å². The molecule has 0 bridgehead atoms. The van der Waals surface area contributed by atoms with Crippen LogP contribution in [0.15, 0.2) is 42.5 Å². The topological polar surface area (TPSA) is 73.6 Å². The Kier molecular flexibility index (Phi) is 4.10. The van der Waals surface area contributed by atoms with E-state index in [4.69, 9.17) is 15.2 Å². The number of para-hydroxylation sites is 1. The summed E-state index contributed by atoms with van der Waals surface area (Å²) in [5.41, 5.74) is 8.08. The van der Waals surface area contributed by atoms with Gasteiger partial charge in [-0.05, 0) is 24.3 Å². The van der Waals surface area contributed by atoms with Crippen molar-refractivity contribution < 1.29 is 14.3 Å². The first-order chi connectivity index (χ1) is 9.65. The number of nitrogens with two attached hydrogens (primary N) is 1. The van der Waals surface area contributed by atoms with E-state index in [-0.39, 0.29) is 0 Å². The van der Waals surface area contributed by atoms with Gasteiger partial charge < -0.3 is 20.5 Å². The quantitative estimate of drug-likeness (QED) is 0.661. The van der Waals surface area contributed by atoms with Crippen LogP contribution in [0.1, 0.15) is 10.4 Å². The fourth-order valence-corrected chi connectivity index (χ4v) is 1.83. The number of carbonyl (C=O) groups is 1. The van der Waals surface area contributed by atoms with E-state index in [1.165, 1.54) is 7.11 Å². The second-order valence-electron chi connectivity index (χ2n) is 4.12. The number of esters is 1. The van der Waals surface area contributed by atoms with E-state index in [2.05, 4.69) is 5.32 Å². The highest BCUT2D eigenvalue weighted by Crippen LogP contribution is 2.29. The number of ether oxygens (including phenoxy) is 2. The highest BCUT2D eigenvalue weighted by molar-refractivity contribution is 5.99. The second kappa shape index (κ2) is 5.97. The highest BCUT2D eigenvalue weighted by Gasteiger charge is 2.14. The molecule has 3 N–H and O–H groups in total. The van der Waals surface area contributed by atoms with Crippen LogP contribution in [-0.2, 0) is 4.74 Å². The summed E-state index contributed by atoms with van der Waals surface area (Å²) in [7, 11) is 2.93. The fraction of sp³-hybridized carbons (Fsp3) is 0.133. The number of hydrogen-bond acceptors (Lipinski definition) is 5. The lowest BCUT2D eigenvalue weighted by molar-refractivity contribution is 0.0602. The maximum atomic E-state index is 11.8. The smallest absolute Gasteiger partial charge is 0.340 e. The Morgan fingerprint density at radius 1 is 1.15 bits per heavy atom. The van der Waals surface area contributed by atoms with Crippen LogP contribution in [-0.4, -0.2) is 20.2 Å². The zero-order chi connectivity index (χ0) is 14.5.